The normalized spacial score (nSPS) is 37.6. The average Bonchev–Trinajstić information content (AvgIpc) is 2.96. The molecule has 1 aliphatic carbocycles. The summed E-state index contributed by atoms with van der Waals surface area (Å²) in [6.45, 7) is 6.92. The van der Waals surface area contributed by atoms with Gasteiger partial charge in [0.15, 0.2) is 0 Å². The molecule has 21 heavy (non-hydrogen) atoms. The molecule has 0 aromatic carbocycles. The number of rotatable bonds is 6. The minimum Gasteiger partial charge on any atom is -0.372 e. The van der Waals surface area contributed by atoms with Crippen LogP contribution in [-0.2, 0) is 4.74 Å². The Morgan fingerprint density at radius 3 is 2.71 bits per heavy atom. The fraction of sp³-hybridized carbons (Fsp3) is 1.00. The first-order valence-corrected chi connectivity index (χ1v) is 9.47. The topological polar surface area (TPSA) is 24.5 Å². The Morgan fingerprint density at radius 2 is 1.81 bits per heavy atom. The van der Waals surface area contributed by atoms with Crippen LogP contribution in [0.1, 0.15) is 64.7 Å². The fourth-order valence-corrected chi connectivity index (χ4v) is 4.72. The number of fused-ring (bicyclic) bond motifs is 1. The van der Waals surface area contributed by atoms with Gasteiger partial charge in [-0.1, -0.05) is 19.8 Å². The van der Waals surface area contributed by atoms with Crippen LogP contribution in [0.4, 0.5) is 0 Å². The molecule has 1 saturated carbocycles. The summed E-state index contributed by atoms with van der Waals surface area (Å²) in [5.74, 6) is 0.996. The number of hydrogen-bond donors (Lipinski definition) is 1. The highest BCUT2D eigenvalue weighted by atomic mass is 16.5. The van der Waals surface area contributed by atoms with Crippen molar-refractivity contribution in [3.05, 3.63) is 0 Å². The van der Waals surface area contributed by atoms with Gasteiger partial charge in [-0.2, -0.15) is 0 Å². The second-order valence-corrected chi connectivity index (χ2v) is 7.41. The minimum atomic E-state index is 0.466. The van der Waals surface area contributed by atoms with Gasteiger partial charge >= 0.3 is 0 Å². The second kappa shape index (κ2) is 7.94. The fourth-order valence-electron chi connectivity index (χ4n) is 4.72. The van der Waals surface area contributed by atoms with Gasteiger partial charge in [0, 0.05) is 19.1 Å². The zero-order valence-corrected chi connectivity index (χ0v) is 13.9. The van der Waals surface area contributed by atoms with E-state index in [0.29, 0.717) is 12.2 Å². The Morgan fingerprint density at radius 1 is 1.00 bits per heavy atom. The largest absolute Gasteiger partial charge is 0.372 e. The smallest absolute Gasteiger partial charge is 0.0707 e. The summed E-state index contributed by atoms with van der Waals surface area (Å²) in [7, 11) is 0. The molecule has 2 unspecified atom stereocenters. The number of nitrogens with one attached hydrogen (secondary N) is 1. The lowest BCUT2D eigenvalue weighted by Gasteiger charge is -2.45. The SMILES string of the molecule is CCCNCC1CCC(CN2CCC[C@H]3CCCC[C@H]32)O1. The third kappa shape index (κ3) is 4.20. The van der Waals surface area contributed by atoms with Crippen molar-refractivity contribution in [1.82, 2.24) is 10.2 Å². The summed E-state index contributed by atoms with van der Waals surface area (Å²) >= 11 is 0. The third-order valence-corrected chi connectivity index (χ3v) is 5.79. The van der Waals surface area contributed by atoms with E-state index in [4.69, 9.17) is 4.74 Å². The highest BCUT2D eigenvalue weighted by Gasteiger charge is 2.35. The molecule has 2 heterocycles. The third-order valence-electron chi connectivity index (χ3n) is 5.79. The van der Waals surface area contributed by atoms with Gasteiger partial charge in [-0.05, 0) is 64.0 Å². The summed E-state index contributed by atoms with van der Waals surface area (Å²) in [5, 5.41) is 3.51. The van der Waals surface area contributed by atoms with Crippen molar-refractivity contribution in [2.45, 2.75) is 83.0 Å². The van der Waals surface area contributed by atoms with Gasteiger partial charge in [0.2, 0.25) is 0 Å². The van der Waals surface area contributed by atoms with E-state index in [1.54, 1.807) is 0 Å². The van der Waals surface area contributed by atoms with E-state index in [-0.39, 0.29) is 0 Å². The predicted molar refractivity (Wildman–Crippen MR) is 87.6 cm³/mol. The number of nitrogens with zero attached hydrogens (tertiary/aromatic N) is 1. The number of piperidine rings is 1. The first-order chi connectivity index (χ1) is 10.4. The first-order valence-electron chi connectivity index (χ1n) is 9.47. The molecule has 2 saturated heterocycles. The molecule has 3 heteroatoms. The van der Waals surface area contributed by atoms with Crippen LogP contribution in [0.15, 0.2) is 0 Å². The number of ether oxygens (including phenoxy) is 1. The molecular formula is C18H34N2O. The highest BCUT2D eigenvalue weighted by Crippen LogP contribution is 2.36. The van der Waals surface area contributed by atoms with Crippen molar-refractivity contribution < 1.29 is 4.74 Å². The van der Waals surface area contributed by atoms with E-state index in [0.717, 1.165) is 25.0 Å². The molecule has 4 atom stereocenters. The molecule has 1 N–H and O–H groups in total. The van der Waals surface area contributed by atoms with E-state index in [9.17, 15) is 0 Å². The summed E-state index contributed by atoms with van der Waals surface area (Å²) in [6, 6.07) is 0.883. The lowest BCUT2D eigenvalue weighted by molar-refractivity contribution is -0.0124. The molecule has 2 aliphatic heterocycles. The van der Waals surface area contributed by atoms with E-state index in [1.165, 1.54) is 70.9 Å². The molecule has 0 radical (unpaired) electrons. The van der Waals surface area contributed by atoms with E-state index < -0.39 is 0 Å². The van der Waals surface area contributed by atoms with E-state index in [1.807, 2.05) is 0 Å². The van der Waals surface area contributed by atoms with Crippen LogP contribution in [0.2, 0.25) is 0 Å². The van der Waals surface area contributed by atoms with Crippen LogP contribution in [0.3, 0.4) is 0 Å². The Bertz CT molecular complexity index is 308. The van der Waals surface area contributed by atoms with Crippen LogP contribution in [-0.4, -0.2) is 49.3 Å². The summed E-state index contributed by atoms with van der Waals surface area (Å²) < 4.78 is 6.29. The van der Waals surface area contributed by atoms with Crippen LogP contribution in [0.5, 0.6) is 0 Å². The standard InChI is InChI=1S/C18H34N2O/c1-2-11-19-13-16-9-10-17(21-16)14-20-12-5-7-15-6-3-4-8-18(15)20/h15-19H,2-14H2,1H3/t15-,16?,17?,18-/m1/s1. The molecule has 0 spiro atoms. The second-order valence-electron chi connectivity index (χ2n) is 7.41. The minimum absolute atomic E-state index is 0.466. The van der Waals surface area contributed by atoms with Gasteiger partial charge in [0.05, 0.1) is 12.2 Å². The predicted octanol–water partition coefficient (Wildman–Crippen LogP) is 3.19. The van der Waals surface area contributed by atoms with Crippen molar-refractivity contribution in [3.8, 4) is 0 Å². The lowest BCUT2D eigenvalue weighted by atomic mass is 9.78. The monoisotopic (exact) mass is 294 g/mol. The molecule has 0 bridgehead atoms. The maximum absolute atomic E-state index is 6.29. The first kappa shape index (κ1) is 15.8. The Hall–Kier alpha value is -0.120. The van der Waals surface area contributed by atoms with Crippen molar-refractivity contribution >= 4 is 0 Å². The van der Waals surface area contributed by atoms with Crippen molar-refractivity contribution in [2.75, 3.05) is 26.2 Å². The van der Waals surface area contributed by atoms with Crippen molar-refractivity contribution in [1.29, 1.82) is 0 Å². The quantitative estimate of drug-likeness (QED) is 0.762. The number of hydrogen-bond acceptors (Lipinski definition) is 3. The molecule has 3 rings (SSSR count). The van der Waals surface area contributed by atoms with Crippen LogP contribution < -0.4 is 5.32 Å². The zero-order chi connectivity index (χ0) is 14.5. The summed E-state index contributed by atoms with van der Waals surface area (Å²) in [6.07, 6.45) is 13.4. The van der Waals surface area contributed by atoms with Gasteiger partial charge < -0.3 is 10.1 Å². The van der Waals surface area contributed by atoms with Crippen LogP contribution in [0.25, 0.3) is 0 Å². The van der Waals surface area contributed by atoms with Gasteiger partial charge in [-0.3, -0.25) is 4.90 Å². The average molecular weight is 294 g/mol. The maximum Gasteiger partial charge on any atom is 0.0707 e. The molecule has 3 nitrogen and oxygen atoms in total. The highest BCUT2D eigenvalue weighted by molar-refractivity contribution is 4.89. The molecule has 0 aromatic rings. The van der Waals surface area contributed by atoms with E-state index >= 15 is 0 Å². The lowest BCUT2D eigenvalue weighted by Crippen LogP contribution is -2.49. The molecule has 122 valence electrons. The van der Waals surface area contributed by atoms with Crippen molar-refractivity contribution in [2.24, 2.45) is 5.92 Å². The van der Waals surface area contributed by atoms with Crippen LogP contribution in [0, 0.1) is 5.92 Å². The summed E-state index contributed by atoms with van der Waals surface area (Å²) in [5.41, 5.74) is 0. The molecule has 3 fully saturated rings. The van der Waals surface area contributed by atoms with Gasteiger partial charge in [0.25, 0.3) is 0 Å². The van der Waals surface area contributed by atoms with Crippen molar-refractivity contribution in [3.63, 3.8) is 0 Å². The zero-order valence-electron chi connectivity index (χ0n) is 13.9. The molecular weight excluding hydrogens is 260 g/mol. The van der Waals surface area contributed by atoms with Gasteiger partial charge in [0.1, 0.15) is 0 Å². The van der Waals surface area contributed by atoms with E-state index in [2.05, 4.69) is 17.1 Å². The molecule has 0 amide bonds. The Kier molecular flexibility index (Phi) is 5.96. The maximum atomic E-state index is 6.29. The number of likely N-dealkylation sites (tertiary alicyclic amines) is 1. The van der Waals surface area contributed by atoms with Gasteiger partial charge in [-0.25, -0.2) is 0 Å². The molecule has 3 aliphatic rings. The molecule has 0 aromatic heterocycles. The Labute approximate surface area is 130 Å². The van der Waals surface area contributed by atoms with Crippen LogP contribution >= 0.6 is 0 Å². The summed E-state index contributed by atoms with van der Waals surface area (Å²) in [4.78, 5) is 2.79. The Balaban J connectivity index is 1.43. The van der Waals surface area contributed by atoms with Gasteiger partial charge in [-0.15, -0.1) is 0 Å².